The first-order valence-corrected chi connectivity index (χ1v) is 8.67. The van der Waals surface area contributed by atoms with Crippen LogP contribution in [0.5, 0.6) is 0 Å². The van der Waals surface area contributed by atoms with E-state index in [1.54, 1.807) is 0 Å². The topological polar surface area (TPSA) is 81.7 Å². The van der Waals surface area contributed by atoms with Crippen LogP contribution in [0.3, 0.4) is 0 Å². The number of aryl methyl sites for hydroxylation is 2. The SMILES string of the molecule is Cc1cc(C)cc(NC(=O)COC(=O)[C@H]2[C@@H]3C[C@H]4[C@@H]2C(=O)O[C@@H]4C3)c1. The predicted molar refractivity (Wildman–Crippen MR) is 88.6 cm³/mol. The van der Waals surface area contributed by atoms with Gasteiger partial charge in [-0.2, -0.15) is 0 Å². The molecular weight excluding hydrogens is 322 g/mol. The Balaban J connectivity index is 1.34. The van der Waals surface area contributed by atoms with Crippen molar-refractivity contribution in [2.75, 3.05) is 11.9 Å². The van der Waals surface area contributed by atoms with Gasteiger partial charge >= 0.3 is 11.9 Å². The van der Waals surface area contributed by atoms with Gasteiger partial charge in [-0.15, -0.1) is 0 Å². The fraction of sp³-hybridized carbons (Fsp3) is 0.526. The van der Waals surface area contributed by atoms with Crippen LogP contribution in [0.4, 0.5) is 5.69 Å². The lowest BCUT2D eigenvalue weighted by Gasteiger charge is -2.22. The number of rotatable bonds is 4. The van der Waals surface area contributed by atoms with Gasteiger partial charge in [-0.25, -0.2) is 0 Å². The third-order valence-electron chi connectivity index (χ3n) is 5.61. The Labute approximate surface area is 145 Å². The summed E-state index contributed by atoms with van der Waals surface area (Å²) in [7, 11) is 0. The lowest BCUT2D eigenvalue weighted by molar-refractivity contribution is -0.157. The van der Waals surface area contributed by atoms with Crippen molar-refractivity contribution in [3.63, 3.8) is 0 Å². The van der Waals surface area contributed by atoms with Crippen LogP contribution in [-0.4, -0.2) is 30.6 Å². The molecule has 3 fully saturated rings. The second-order valence-corrected chi connectivity index (χ2v) is 7.45. The molecule has 1 saturated heterocycles. The number of ether oxygens (including phenoxy) is 2. The molecule has 0 unspecified atom stereocenters. The van der Waals surface area contributed by atoms with Crippen molar-refractivity contribution < 1.29 is 23.9 Å². The van der Waals surface area contributed by atoms with Gasteiger partial charge in [0.05, 0.1) is 11.8 Å². The molecule has 0 radical (unpaired) electrons. The summed E-state index contributed by atoms with van der Waals surface area (Å²) in [5.74, 6) is -1.65. The highest BCUT2D eigenvalue weighted by Gasteiger charge is 2.64. The minimum atomic E-state index is -0.453. The number of fused-ring (bicyclic) bond motifs is 1. The van der Waals surface area contributed by atoms with Crippen molar-refractivity contribution in [1.82, 2.24) is 0 Å². The van der Waals surface area contributed by atoms with E-state index in [9.17, 15) is 14.4 Å². The zero-order chi connectivity index (χ0) is 17.7. The quantitative estimate of drug-likeness (QED) is 0.846. The minimum Gasteiger partial charge on any atom is -0.462 e. The zero-order valence-corrected chi connectivity index (χ0v) is 14.3. The number of carbonyl (C=O) groups excluding carboxylic acids is 3. The van der Waals surface area contributed by atoms with Crippen LogP contribution in [0, 0.1) is 37.5 Å². The maximum absolute atomic E-state index is 12.4. The molecule has 4 rings (SSSR count). The maximum Gasteiger partial charge on any atom is 0.310 e. The summed E-state index contributed by atoms with van der Waals surface area (Å²) in [6.45, 7) is 3.56. The molecule has 0 aromatic heterocycles. The van der Waals surface area contributed by atoms with E-state index >= 15 is 0 Å². The van der Waals surface area contributed by atoms with Crippen LogP contribution in [0.2, 0.25) is 0 Å². The van der Waals surface area contributed by atoms with Gasteiger partial charge in [0.15, 0.2) is 6.61 Å². The lowest BCUT2D eigenvalue weighted by atomic mass is 9.80. The van der Waals surface area contributed by atoms with E-state index in [0.29, 0.717) is 5.69 Å². The molecule has 3 aliphatic rings. The van der Waals surface area contributed by atoms with E-state index in [-0.39, 0.29) is 42.3 Å². The number of benzene rings is 1. The van der Waals surface area contributed by atoms with Crippen LogP contribution >= 0.6 is 0 Å². The predicted octanol–water partition coefficient (Wildman–Crippen LogP) is 1.98. The molecule has 6 heteroatoms. The fourth-order valence-corrected chi connectivity index (χ4v) is 4.80. The number of nitrogens with one attached hydrogen (secondary N) is 1. The molecule has 2 aliphatic carbocycles. The second kappa shape index (κ2) is 5.86. The number of hydrogen-bond acceptors (Lipinski definition) is 5. The molecule has 1 aromatic carbocycles. The van der Waals surface area contributed by atoms with Gasteiger partial charge in [0.25, 0.3) is 5.91 Å². The molecule has 2 saturated carbocycles. The maximum atomic E-state index is 12.4. The van der Waals surface area contributed by atoms with Gasteiger partial charge in [-0.1, -0.05) is 6.07 Å². The first-order valence-electron chi connectivity index (χ1n) is 8.67. The number of anilines is 1. The minimum absolute atomic E-state index is 0.0144. The lowest BCUT2D eigenvalue weighted by Crippen LogP contribution is -2.34. The molecule has 25 heavy (non-hydrogen) atoms. The second-order valence-electron chi connectivity index (χ2n) is 7.45. The molecule has 1 heterocycles. The average molecular weight is 343 g/mol. The third-order valence-corrected chi connectivity index (χ3v) is 5.61. The molecular formula is C19H21NO5. The van der Waals surface area contributed by atoms with E-state index < -0.39 is 11.9 Å². The molecule has 6 nitrogen and oxygen atoms in total. The number of hydrogen-bond donors (Lipinski definition) is 1. The molecule has 2 bridgehead atoms. The standard InChI is InChI=1S/C19H21NO5/c1-9-3-10(2)5-12(4-9)20-15(21)8-24-18(22)16-11-6-13-14(7-11)25-19(23)17(13)16/h3-5,11,13-14,16-17H,6-8H2,1-2H3,(H,20,21)/t11-,13-,14-,16+,17+/m1/s1. The Morgan fingerprint density at radius 3 is 2.64 bits per heavy atom. The molecule has 1 N–H and O–H groups in total. The van der Waals surface area contributed by atoms with Crippen molar-refractivity contribution in [2.24, 2.45) is 23.7 Å². The average Bonchev–Trinajstić information content (AvgIpc) is 3.13. The van der Waals surface area contributed by atoms with E-state index in [2.05, 4.69) is 5.32 Å². The molecule has 1 amide bonds. The van der Waals surface area contributed by atoms with Crippen LogP contribution < -0.4 is 5.32 Å². The third kappa shape index (κ3) is 2.79. The van der Waals surface area contributed by atoms with Crippen molar-refractivity contribution >= 4 is 23.5 Å². The van der Waals surface area contributed by atoms with Crippen molar-refractivity contribution in [1.29, 1.82) is 0 Å². The summed E-state index contributed by atoms with van der Waals surface area (Å²) in [5.41, 5.74) is 2.77. The summed E-state index contributed by atoms with van der Waals surface area (Å²) >= 11 is 0. The van der Waals surface area contributed by atoms with Crippen molar-refractivity contribution in [2.45, 2.75) is 32.8 Å². The molecule has 0 spiro atoms. The number of esters is 2. The van der Waals surface area contributed by atoms with Crippen molar-refractivity contribution in [3.05, 3.63) is 29.3 Å². The molecule has 132 valence electrons. The monoisotopic (exact) mass is 343 g/mol. The Hall–Kier alpha value is -2.37. The highest BCUT2D eigenvalue weighted by molar-refractivity contribution is 5.93. The highest BCUT2D eigenvalue weighted by Crippen LogP contribution is 2.57. The summed E-state index contributed by atoms with van der Waals surface area (Å²) in [6.07, 6.45) is 1.57. The largest absolute Gasteiger partial charge is 0.462 e. The number of carbonyl (C=O) groups is 3. The van der Waals surface area contributed by atoms with Crippen LogP contribution in [-0.2, 0) is 23.9 Å². The van der Waals surface area contributed by atoms with Crippen molar-refractivity contribution in [3.8, 4) is 0 Å². The van der Waals surface area contributed by atoms with Gasteiger partial charge in [-0.3, -0.25) is 14.4 Å². The summed E-state index contributed by atoms with van der Waals surface area (Å²) in [5, 5.41) is 2.74. The van der Waals surface area contributed by atoms with Crippen LogP contribution in [0.25, 0.3) is 0 Å². The fourth-order valence-electron chi connectivity index (χ4n) is 4.80. The smallest absolute Gasteiger partial charge is 0.310 e. The van der Waals surface area contributed by atoms with E-state index in [1.807, 2.05) is 32.0 Å². The van der Waals surface area contributed by atoms with E-state index in [4.69, 9.17) is 9.47 Å². The van der Waals surface area contributed by atoms with Crippen LogP contribution in [0.1, 0.15) is 24.0 Å². The van der Waals surface area contributed by atoms with E-state index in [0.717, 1.165) is 24.0 Å². The molecule has 1 aliphatic heterocycles. The summed E-state index contributed by atoms with van der Waals surface area (Å²) in [6, 6.07) is 5.73. The summed E-state index contributed by atoms with van der Waals surface area (Å²) < 4.78 is 10.5. The summed E-state index contributed by atoms with van der Waals surface area (Å²) in [4.78, 5) is 36.4. The number of amides is 1. The Morgan fingerprint density at radius 1 is 1.20 bits per heavy atom. The van der Waals surface area contributed by atoms with Gasteiger partial charge in [0, 0.05) is 11.6 Å². The van der Waals surface area contributed by atoms with E-state index in [1.165, 1.54) is 0 Å². The first-order chi connectivity index (χ1) is 11.9. The Kier molecular flexibility index (Phi) is 3.78. The Morgan fingerprint density at radius 2 is 1.92 bits per heavy atom. The van der Waals surface area contributed by atoms with Gasteiger partial charge in [0.2, 0.25) is 0 Å². The zero-order valence-electron chi connectivity index (χ0n) is 14.3. The van der Waals surface area contributed by atoms with Gasteiger partial charge < -0.3 is 14.8 Å². The normalized spacial score (nSPS) is 31.8. The van der Waals surface area contributed by atoms with Gasteiger partial charge in [0.1, 0.15) is 6.10 Å². The van der Waals surface area contributed by atoms with Crippen LogP contribution in [0.15, 0.2) is 18.2 Å². The van der Waals surface area contributed by atoms with Gasteiger partial charge in [-0.05, 0) is 55.9 Å². The highest BCUT2D eigenvalue weighted by atomic mass is 16.6. The molecule has 5 atom stereocenters. The Bertz CT molecular complexity index is 736. The molecule has 1 aromatic rings. The first kappa shape index (κ1) is 16.1.